The van der Waals surface area contributed by atoms with Gasteiger partial charge in [0, 0.05) is 28.4 Å². The van der Waals surface area contributed by atoms with Crippen LogP contribution in [0.3, 0.4) is 0 Å². The maximum Gasteiger partial charge on any atom is 0.305 e. The van der Waals surface area contributed by atoms with Crippen LogP contribution in [0.15, 0.2) is 12.1 Å². The van der Waals surface area contributed by atoms with Gasteiger partial charge in [-0.3, -0.25) is 9.69 Å². The highest BCUT2D eigenvalue weighted by atomic mass is 32.1. The molecule has 0 bridgehead atoms. The normalized spacial score (nSPS) is 22.9. The van der Waals surface area contributed by atoms with E-state index >= 15 is 0 Å². The number of ether oxygens (including phenoxy) is 1. The number of carboxylic acid groups (broad SMARTS) is 1. The molecule has 0 aliphatic carbocycles. The first kappa shape index (κ1) is 13.5. The zero-order valence-corrected chi connectivity index (χ0v) is 11.6. The molecule has 0 radical (unpaired) electrons. The summed E-state index contributed by atoms with van der Waals surface area (Å²) >= 11 is 1.78. The lowest BCUT2D eigenvalue weighted by Crippen LogP contribution is -2.47. The Labute approximate surface area is 111 Å². The van der Waals surface area contributed by atoms with Crippen LogP contribution < -0.4 is 0 Å². The molecule has 1 fully saturated rings. The van der Waals surface area contributed by atoms with Crippen molar-refractivity contribution in [3.63, 3.8) is 0 Å². The van der Waals surface area contributed by atoms with Gasteiger partial charge in [0.25, 0.3) is 0 Å². The Morgan fingerprint density at radius 2 is 2.44 bits per heavy atom. The second-order valence-corrected chi connectivity index (χ2v) is 6.01. The first-order valence-electron chi connectivity index (χ1n) is 6.19. The van der Waals surface area contributed by atoms with Crippen molar-refractivity contribution in [3.05, 3.63) is 21.9 Å². The van der Waals surface area contributed by atoms with Crippen LogP contribution in [0.1, 0.15) is 29.1 Å². The van der Waals surface area contributed by atoms with E-state index in [2.05, 4.69) is 30.9 Å². The average molecular weight is 269 g/mol. The smallest absolute Gasteiger partial charge is 0.305 e. The van der Waals surface area contributed by atoms with Gasteiger partial charge in [-0.25, -0.2) is 0 Å². The molecular formula is C13H19NO3S. The predicted molar refractivity (Wildman–Crippen MR) is 71.0 cm³/mol. The Hall–Kier alpha value is -0.910. The van der Waals surface area contributed by atoms with Crippen LogP contribution in [0, 0.1) is 6.92 Å². The first-order valence-corrected chi connectivity index (χ1v) is 7.01. The zero-order chi connectivity index (χ0) is 13.1. The lowest BCUT2D eigenvalue weighted by molar-refractivity contribution is -0.140. The van der Waals surface area contributed by atoms with E-state index in [0.717, 1.165) is 6.54 Å². The lowest BCUT2D eigenvalue weighted by atomic mass is 10.1. The Kier molecular flexibility index (Phi) is 4.37. The van der Waals surface area contributed by atoms with Crippen LogP contribution in [-0.2, 0) is 9.53 Å². The maximum atomic E-state index is 10.9. The van der Waals surface area contributed by atoms with Crippen molar-refractivity contribution in [2.75, 3.05) is 19.8 Å². The number of carbonyl (C=O) groups is 1. The van der Waals surface area contributed by atoms with E-state index in [0.29, 0.717) is 13.2 Å². The van der Waals surface area contributed by atoms with Crippen molar-refractivity contribution in [2.45, 2.75) is 32.4 Å². The summed E-state index contributed by atoms with van der Waals surface area (Å²) in [5, 5.41) is 8.96. The van der Waals surface area contributed by atoms with E-state index < -0.39 is 5.97 Å². The molecule has 1 saturated heterocycles. The molecule has 2 atom stereocenters. The quantitative estimate of drug-likeness (QED) is 0.911. The Morgan fingerprint density at radius 1 is 1.67 bits per heavy atom. The fraction of sp³-hybridized carbons (Fsp3) is 0.615. The van der Waals surface area contributed by atoms with Crippen LogP contribution in [0.25, 0.3) is 0 Å². The number of rotatable bonds is 4. The molecule has 1 aliphatic heterocycles. The molecule has 1 aromatic rings. The van der Waals surface area contributed by atoms with E-state index in [9.17, 15) is 4.79 Å². The van der Waals surface area contributed by atoms with E-state index in [4.69, 9.17) is 9.84 Å². The van der Waals surface area contributed by atoms with Crippen molar-refractivity contribution in [1.29, 1.82) is 0 Å². The summed E-state index contributed by atoms with van der Waals surface area (Å²) in [4.78, 5) is 15.7. The van der Waals surface area contributed by atoms with Gasteiger partial charge in [-0.2, -0.15) is 0 Å². The minimum atomic E-state index is -0.759. The summed E-state index contributed by atoms with van der Waals surface area (Å²) in [7, 11) is 0. The van der Waals surface area contributed by atoms with Crippen molar-refractivity contribution in [3.8, 4) is 0 Å². The summed E-state index contributed by atoms with van der Waals surface area (Å²) in [5.74, 6) is -0.759. The Bertz CT molecular complexity index is 418. The predicted octanol–water partition coefficient (Wildman–Crippen LogP) is 2.29. The van der Waals surface area contributed by atoms with Gasteiger partial charge in [0.15, 0.2) is 0 Å². The summed E-state index contributed by atoms with van der Waals surface area (Å²) in [6.45, 7) is 6.24. The van der Waals surface area contributed by atoms with Crippen LogP contribution in [0.5, 0.6) is 0 Å². The number of thiophene rings is 1. The van der Waals surface area contributed by atoms with Gasteiger partial charge < -0.3 is 9.84 Å². The number of hydrogen-bond donors (Lipinski definition) is 1. The third-order valence-corrected chi connectivity index (χ3v) is 4.52. The van der Waals surface area contributed by atoms with Gasteiger partial charge in [-0.1, -0.05) is 0 Å². The van der Waals surface area contributed by atoms with Crippen LogP contribution in [0.2, 0.25) is 0 Å². The molecule has 0 aromatic carbocycles. The molecule has 0 spiro atoms. The highest BCUT2D eigenvalue weighted by Crippen LogP contribution is 2.30. The van der Waals surface area contributed by atoms with Gasteiger partial charge in [-0.15, -0.1) is 11.3 Å². The topological polar surface area (TPSA) is 49.8 Å². The average Bonchev–Trinajstić information content (AvgIpc) is 2.75. The van der Waals surface area contributed by atoms with E-state index in [1.54, 1.807) is 11.3 Å². The number of carboxylic acids is 1. The molecule has 1 aromatic heterocycles. The maximum absolute atomic E-state index is 10.9. The highest BCUT2D eigenvalue weighted by molar-refractivity contribution is 7.12. The zero-order valence-electron chi connectivity index (χ0n) is 10.8. The summed E-state index contributed by atoms with van der Waals surface area (Å²) in [6.07, 6.45) is 0.148. The van der Waals surface area contributed by atoms with Gasteiger partial charge in [0.2, 0.25) is 0 Å². The van der Waals surface area contributed by atoms with Crippen LogP contribution >= 0.6 is 11.3 Å². The van der Waals surface area contributed by atoms with Gasteiger partial charge >= 0.3 is 5.97 Å². The Morgan fingerprint density at radius 3 is 3.06 bits per heavy atom. The number of aryl methyl sites for hydroxylation is 1. The fourth-order valence-corrected chi connectivity index (χ4v) is 3.35. The van der Waals surface area contributed by atoms with Gasteiger partial charge in [0.1, 0.15) is 0 Å². The summed E-state index contributed by atoms with van der Waals surface area (Å²) in [6, 6.07) is 4.49. The summed E-state index contributed by atoms with van der Waals surface area (Å²) in [5.41, 5.74) is 0. The number of hydrogen-bond acceptors (Lipinski definition) is 4. The molecule has 0 saturated carbocycles. The number of aliphatic carboxylic acids is 1. The largest absolute Gasteiger partial charge is 0.481 e. The standard InChI is InChI=1S/C13H19NO3S/c1-9-3-4-12(18-9)10(2)14-5-6-17-8-11(14)7-13(15)16/h3-4,10-11H,5-8H2,1-2H3,(H,15,16). The minimum Gasteiger partial charge on any atom is -0.481 e. The molecular weight excluding hydrogens is 250 g/mol. The second kappa shape index (κ2) is 5.82. The molecule has 4 nitrogen and oxygen atoms in total. The van der Waals surface area contributed by atoms with E-state index in [1.807, 2.05) is 0 Å². The van der Waals surface area contributed by atoms with Crippen molar-refractivity contribution in [2.24, 2.45) is 0 Å². The van der Waals surface area contributed by atoms with Crippen LogP contribution in [-0.4, -0.2) is 41.8 Å². The third-order valence-electron chi connectivity index (χ3n) is 3.35. The first-order chi connectivity index (χ1) is 8.58. The highest BCUT2D eigenvalue weighted by Gasteiger charge is 2.30. The van der Waals surface area contributed by atoms with Crippen LogP contribution in [0.4, 0.5) is 0 Å². The third kappa shape index (κ3) is 3.10. The number of morpholine rings is 1. The minimum absolute atomic E-state index is 0.0198. The molecule has 2 unspecified atom stereocenters. The molecule has 2 rings (SSSR count). The molecule has 0 amide bonds. The molecule has 100 valence electrons. The molecule has 1 N–H and O–H groups in total. The molecule has 1 aliphatic rings. The second-order valence-electron chi connectivity index (χ2n) is 4.69. The fourth-order valence-electron chi connectivity index (χ4n) is 2.40. The summed E-state index contributed by atoms with van der Waals surface area (Å²) < 4.78 is 5.40. The lowest BCUT2D eigenvalue weighted by Gasteiger charge is -2.38. The molecule has 18 heavy (non-hydrogen) atoms. The molecule has 2 heterocycles. The van der Waals surface area contributed by atoms with Crippen molar-refractivity contribution in [1.82, 2.24) is 4.90 Å². The monoisotopic (exact) mass is 269 g/mol. The van der Waals surface area contributed by atoms with Crippen molar-refractivity contribution >= 4 is 17.3 Å². The SMILES string of the molecule is Cc1ccc(C(C)N2CCOCC2CC(=O)O)s1. The van der Waals surface area contributed by atoms with Gasteiger partial charge in [0.05, 0.1) is 19.6 Å². The number of nitrogens with zero attached hydrogens (tertiary/aromatic N) is 1. The van der Waals surface area contributed by atoms with Crippen molar-refractivity contribution < 1.29 is 14.6 Å². The van der Waals surface area contributed by atoms with E-state index in [-0.39, 0.29) is 18.5 Å². The molecule has 5 heteroatoms. The van der Waals surface area contributed by atoms with E-state index in [1.165, 1.54) is 9.75 Å². The Balaban J connectivity index is 2.10. The van der Waals surface area contributed by atoms with Gasteiger partial charge in [-0.05, 0) is 26.0 Å².